The van der Waals surface area contributed by atoms with Gasteiger partial charge in [-0.25, -0.2) is 9.78 Å². The van der Waals surface area contributed by atoms with Crippen molar-refractivity contribution >= 4 is 28.9 Å². The topological polar surface area (TPSA) is 48.4 Å². The number of esters is 1. The number of rotatable bonds is 6. The fraction of sp³-hybridized carbons (Fsp3) is 0.375. The molecule has 1 heterocycles. The second kappa shape index (κ2) is 7.61. The van der Waals surface area contributed by atoms with Crippen LogP contribution < -0.4 is 4.74 Å². The van der Waals surface area contributed by atoms with E-state index in [0.717, 1.165) is 26.7 Å². The number of nitrogens with zero attached hydrogens (tertiary/aromatic N) is 1. The van der Waals surface area contributed by atoms with Gasteiger partial charge in [-0.1, -0.05) is 11.6 Å². The summed E-state index contributed by atoms with van der Waals surface area (Å²) in [6, 6.07) is 3.62. The van der Waals surface area contributed by atoms with E-state index in [1.54, 1.807) is 16.8 Å². The minimum absolute atomic E-state index is 0.109. The van der Waals surface area contributed by atoms with Crippen molar-refractivity contribution in [2.45, 2.75) is 27.2 Å². The summed E-state index contributed by atoms with van der Waals surface area (Å²) in [4.78, 5) is 17.0. The molecule has 0 radical (unpaired) electrons. The summed E-state index contributed by atoms with van der Waals surface area (Å²) in [5, 5.41) is 0.717. The van der Waals surface area contributed by atoms with Gasteiger partial charge in [0, 0.05) is 16.3 Å². The highest BCUT2D eigenvalue weighted by Crippen LogP contribution is 2.25. The highest BCUT2D eigenvalue weighted by Gasteiger charge is 2.08. The number of carbonyl (C=O) groups is 1. The molecule has 0 aliphatic carbocycles. The lowest BCUT2D eigenvalue weighted by Gasteiger charge is -2.10. The summed E-state index contributed by atoms with van der Waals surface area (Å²) in [6.07, 6.45) is 0.682. The van der Waals surface area contributed by atoms with Crippen LogP contribution in [0.3, 0.4) is 0 Å². The zero-order chi connectivity index (χ0) is 16.1. The van der Waals surface area contributed by atoms with Gasteiger partial charge >= 0.3 is 5.97 Å². The van der Waals surface area contributed by atoms with Gasteiger partial charge in [-0.15, -0.1) is 11.3 Å². The largest absolute Gasteiger partial charge is 0.482 e. The van der Waals surface area contributed by atoms with E-state index in [0.29, 0.717) is 18.8 Å². The number of benzene rings is 1. The van der Waals surface area contributed by atoms with Gasteiger partial charge in [-0.05, 0) is 44.0 Å². The van der Waals surface area contributed by atoms with E-state index in [1.807, 2.05) is 32.9 Å². The second-order valence-electron chi connectivity index (χ2n) is 4.99. The molecule has 4 nitrogen and oxygen atoms in total. The molecule has 1 aromatic heterocycles. The third kappa shape index (κ3) is 4.45. The molecule has 0 atom stereocenters. The molecule has 0 aliphatic heterocycles. The molecule has 0 saturated carbocycles. The molecule has 2 rings (SSSR count). The third-order valence-corrected chi connectivity index (χ3v) is 4.79. The standard InChI is InChI=1S/C16H18ClNO3S/c1-10-6-13(7-11(2)16(10)17)21-8-15(19)20-5-4-14-12(3)18-9-22-14/h6-7,9H,4-5,8H2,1-3H3. The predicted molar refractivity (Wildman–Crippen MR) is 87.9 cm³/mol. The van der Waals surface area contributed by atoms with Crippen molar-refractivity contribution in [3.63, 3.8) is 0 Å². The second-order valence-corrected chi connectivity index (χ2v) is 6.31. The summed E-state index contributed by atoms with van der Waals surface area (Å²) in [6.45, 7) is 5.98. The SMILES string of the molecule is Cc1cc(OCC(=O)OCCc2scnc2C)cc(C)c1Cl. The van der Waals surface area contributed by atoms with E-state index in [-0.39, 0.29) is 12.6 Å². The first-order valence-corrected chi connectivity index (χ1v) is 8.17. The number of thiazole rings is 1. The van der Waals surface area contributed by atoms with Gasteiger partial charge in [0.05, 0.1) is 17.8 Å². The molecule has 0 unspecified atom stereocenters. The van der Waals surface area contributed by atoms with E-state index in [2.05, 4.69) is 4.98 Å². The summed E-state index contributed by atoms with van der Waals surface area (Å²) >= 11 is 7.66. The zero-order valence-corrected chi connectivity index (χ0v) is 14.4. The molecule has 6 heteroatoms. The Hall–Kier alpha value is -1.59. The first-order valence-electron chi connectivity index (χ1n) is 6.91. The molecule has 0 spiro atoms. The molecule has 22 heavy (non-hydrogen) atoms. The van der Waals surface area contributed by atoms with Crippen LogP contribution in [0.25, 0.3) is 0 Å². The predicted octanol–water partition coefficient (Wildman–Crippen LogP) is 3.89. The summed E-state index contributed by atoms with van der Waals surface area (Å²) in [7, 11) is 0. The normalized spacial score (nSPS) is 10.5. The smallest absolute Gasteiger partial charge is 0.344 e. The molecule has 2 aromatic rings. The quantitative estimate of drug-likeness (QED) is 0.749. The lowest BCUT2D eigenvalue weighted by atomic mass is 10.1. The van der Waals surface area contributed by atoms with Crippen molar-refractivity contribution in [2.24, 2.45) is 0 Å². The van der Waals surface area contributed by atoms with Gasteiger partial charge in [-0.3, -0.25) is 0 Å². The van der Waals surface area contributed by atoms with Crippen molar-refractivity contribution in [2.75, 3.05) is 13.2 Å². The summed E-state index contributed by atoms with van der Waals surface area (Å²) in [5.41, 5.74) is 4.63. The van der Waals surface area contributed by atoms with E-state index < -0.39 is 0 Å². The molecule has 0 saturated heterocycles. The Morgan fingerprint density at radius 1 is 1.27 bits per heavy atom. The Bertz CT molecular complexity index is 646. The maximum Gasteiger partial charge on any atom is 0.344 e. The van der Waals surface area contributed by atoms with Crippen molar-refractivity contribution in [3.05, 3.63) is 44.4 Å². The van der Waals surface area contributed by atoms with Crippen molar-refractivity contribution in [1.82, 2.24) is 4.98 Å². The van der Waals surface area contributed by atoms with E-state index >= 15 is 0 Å². The van der Waals surface area contributed by atoms with Crippen LogP contribution >= 0.6 is 22.9 Å². The Morgan fingerprint density at radius 2 is 1.95 bits per heavy atom. The number of hydrogen-bond donors (Lipinski definition) is 0. The third-order valence-electron chi connectivity index (χ3n) is 3.20. The van der Waals surface area contributed by atoms with E-state index in [1.165, 1.54) is 0 Å². The van der Waals surface area contributed by atoms with Crippen LogP contribution in [0, 0.1) is 20.8 Å². The van der Waals surface area contributed by atoms with Crippen LogP contribution in [0.1, 0.15) is 21.7 Å². The molecule has 118 valence electrons. The molecular weight excluding hydrogens is 322 g/mol. The maximum atomic E-state index is 11.7. The molecule has 0 bridgehead atoms. The van der Waals surface area contributed by atoms with Crippen molar-refractivity contribution in [1.29, 1.82) is 0 Å². The summed E-state index contributed by atoms with van der Waals surface area (Å²) < 4.78 is 10.6. The monoisotopic (exact) mass is 339 g/mol. The Balaban J connectivity index is 1.77. The van der Waals surface area contributed by atoms with Gasteiger partial charge in [0.25, 0.3) is 0 Å². The minimum atomic E-state index is -0.382. The van der Waals surface area contributed by atoms with Crippen LogP contribution in [-0.4, -0.2) is 24.2 Å². The van der Waals surface area contributed by atoms with Crippen molar-refractivity contribution < 1.29 is 14.3 Å². The fourth-order valence-electron chi connectivity index (χ4n) is 2.00. The van der Waals surface area contributed by atoms with Crippen molar-refractivity contribution in [3.8, 4) is 5.75 Å². The molecule has 0 N–H and O–H groups in total. The molecule has 1 aromatic carbocycles. The Kier molecular flexibility index (Phi) is 5.80. The fourth-order valence-corrected chi connectivity index (χ4v) is 2.87. The number of hydrogen-bond acceptors (Lipinski definition) is 5. The first-order chi connectivity index (χ1) is 10.5. The number of halogens is 1. The van der Waals surface area contributed by atoms with Crippen LogP contribution in [0.4, 0.5) is 0 Å². The molecule has 0 amide bonds. The lowest BCUT2D eigenvalue weighted by Crippen LogP contribution is -2.16. The average Bonchev–Trinajstić information content (AvgIpc) is 2.88. The van der Waals surface area contributed by atoms with E-state index in [4.69, 9.17) is 21.1 Å². The van der Waals surface area contributed by atoms with Gasteiger partial charge in [0.2, 0.25) is 0 Å². The van der Waals surface area contributed by atoms with Crippen LogP contribution in [-0.2, 0) is 16.0 Å². The lowest BCUT2D eigenvalue weighted by molar-refractivity contribution is -0.145. The zero-order valence-electron chi connectivity index (χ0n) is 12.8. The summed E-state index contributed by atoms with van der Waals surface area (Å²) in [5.74, 6) is 0.238. The van der Waals surface area contributed by atoms with E-state index in [9.17, 15) is 4.79 Å². The highest BCUT2D eigenvalue weighted by molar-refractivity contribution is 7.09. The minimum Gasteiger partial charge on any atom is -0.482 e. The molecule has 0 fully saturated rings. The highest BCUT2D eigenvalue weighted by atomic mass is 35.5. The van der Waals surface area contributed by atoms with Crippen LogP contribution in [0.5, 0.6) is 5.75 Å². The molecular formula is C16H18ClNO3S. The van der Waals surface area contributed by atoms with Crippen LogP contribution in [0.15, 0.2) is 17.6 Å². The van der Waals surface area contributed by atoms with Gasteiger partial charge in [-0.2, -0.15) is 0 Å². The van der Waals surface area contributed by atoms with Gasteiger partial charge in [0.15, 0.2) is 6.61 Å². The maximum absolute atomic E-state index is 11.7. The number of aryl methyl sites for hydroxylation is 3. The van der Waals surface area contributed by atoms with Gasteiger partial charge in [0.1, 0.15) is 5.75 Å². The Labute approximate surface area is 139 Å². The van der Waals surface area contributed by atoms with Crippen LogP contribution in [0.2, 0.25) is 5.02 Å². The number of carbonyl (C=O) groups excluding carboxylic acids is 1. The Morgan fingerprint density at radius 3 is 2.55 bits per heavy atom. The first kappa shape index (κ1) is 16.8. The average molecular weight is 340 g/mol. The number of aromatic nitrogens is 1. The molecule has 0 aliphatic rings. The number of ether oxygens (including phenoxy) is 2. The van der Waals surface area contributed by atoms with Gasteiger partial charge < -0.3 is 9.47 Å².